The molecule has 1 nitrogen and oxygen atoms in total. The van der Waals surface area contributed by atoms with Crippen molar-refractivity contribution >= 4 is 17.4 Å². The van der Waals surface area contributed by atoms with Gasteiger partial charge in [-0.3, -0.25) is 0 Å². The summed E-state index contributed by atoms with van der Waals surface area (Å²) in [5.74, 6) is 0. The van der Waals surface area contributed by atoms with Crippen LogP contribution >= 0.6 is 0 Å². The van der Waals surface area contributed by atoms with Crippen molar-refractivity contribution in [1.29, 1.82) is 0 Å². The number of aliphatic hydroxyl groups is 1. The fraction of sp³-hybridized carbons (Fsp3) is 1.00. The first-order chi connectivity index (χ1) is 2.00. The minimum Gasteiger partial charge on any atom is -0.391 e. The van der Waals surface area contributed by atoms with Crippen LogP contribution in [0.2, 0.25) is 0 Å². The van der Waals surface area contributed by atoms with Gasteiger partial charge in [0.25, 0.3) is 0 Å². The van der Waals surface area contributed by atoms with Crippen LogP contribution in [0.4, 0.5) is 0 Å². The molecule has 1 N–H and O–H groups in total. The van der Waals surface area contributed by atoms with Gasteiger partial charge in [0.05, 0.1) is 5.60 Å². The Morgan fingerprint density at radius 2 is 1.17 bits per heavy atom. The molecule has 2 heteroatoms. The summed E-state index contributed by atoms with van der Waals surface area (Å²) < 4.78 is 0. The van der Waals surface area contributed by atoms with Crippen LogP contribution in [0.1, 0.15) is 20.8 Å². The standard InChI is InChI=1S/C4H10O.Al.3H/c1-4(2,3)5;;;;/h5H,1-3H3;;;;. The van der Waals surface area contributed by atoms with E-state index in [-0.39, 0.29) is 17.4 Å². The van der Waals surface area contributed by atoms with Gasteiger partial charge in [0.2, 0.25) is 0 Å². The molecular formula is C4H13AlO. The second-order valence-electron chi connectivity index (χ2n) is 2.17. The third-order valence-electron chi connectivity index (χ3n) is 0. The molecule has 0 aromatic carbocycles. The molecule has 0 atom stereocenters. The molecule has 0 aliphatic carbocycles. The summed E-state index contributed by atoms with van der Waals surface area (Å²) in [5.41, 5.74) is -0.500. The summed E-state index contributed by atoms with van der Waals surface area (Å²) >= 11 is 0. The number of rotatable bonds is 0. The maximum atomic E-state index is 8.52. The smallest absolute Gasteiger partial charge is 0.187 e. The fourth-order valence-electron chi connectivity index (χ4n) is 0. The molecule has 0 aliphatic heterocycles. The Morgan fingerprint density at radius 3 is 1.17 bits per heavy atom. The van der Waals surface area contributed by atoms with E-state index in [0.29, 0.717) is 0 Å². The van der Waals surface area contributed by atoms with Crippen molar-refractivity contribution in [3.63, 3.8) is 0 Å². The van der Waals surface area contributed by atoms with Crippen molar-refractivity contribution in [2.24, 2.45) is 0 Å². The summed E-state index contributed by atoms with van der Waals surface area (Å²) in [6.07, 6.45) is 0. The Labute approximate surface area is 49.5 Å². The van der Waals surface area contributed by atoms with E-state index in [1.165, 1.54) is 0 Å². The van der Waals surface area contributed by atoms with E-state index in [4.69, 9.17) is 5.11 Å². The Hall–Kier alpha value is 0.492. The van der Waals surface area contributed by atoms with Gasteiger partial charge >= 0.3 is 0 Å². The van der Waals surface area contributed by atoms with Crippen LogP contribution < -0.4 is 0 Å². The van der Waals surface area contributed by atoms with Crippen LogP contribution in [0.15, 0.2) is 0 Å². The van der Waals surface area contributed by atoms with Crippen molar-refractivity contribution < 1.29 is 5.11 Å². The highest BCUT2D eigenvalue weighted by molar-refractivity contribution is 5.75. The highest BCUT2D eigenvalue weighted by Gasteiger charge is 1.97. The second-order valence-corrected chi connectivity index (χ2v) is 2.17. The van der Waals surface area contributed by atoms with E-state index in [2.05, 4.69) is 0 Å². The molecule has 0 aromatic heterocycles. The molecule has 0 fully saturated rings. The third kappa shape index (κ3) is 226. The van der Waals surface area contributed by atoms with Crippen LogP contribution in [0.3, 0.4) is 0 Å². The summed E-state index contributed by atoms with van der Waals surface area (Å²) in [5, 5.41) is 8.52. The Balaban J connectivity index is 0. The lowest BCUT2D eigenvalue weighted by atomic mass is 10.2. The van der Waals surface area contributed by atoms with Gasteiger partial charge in [-0.2, -0.15) is 0 Å². The highest BCUT2D eigenvalue weighted by Crippen LogP contribution is 1.93. The van der Waals surface area contributed by atoms with Crippen molar-refractivity contribution in [2.45, 2.75) is 26.4 Å². The maximum Gasteiger partial charge on any atom is 0.187 e. The predicted molar refractivity (Wildman–Crippen MR) is 31.9 cm³/mol. The Kier molecular flexibility index (Phi) is 4.25. The molecule has 38 valence electrons. The van der Waals surface area contributed by atoms with Gasteiger partial charge < -0.3 is 5.11 Å². The molecular weight excluding hydrogens is 91.0 g/mol. The monoisotopic (exact) mass is 104 g/mol. The quantitative estimate of drug-likeness (QED) is 0.414. The van der Waals surface area contributed by atoms with E-state index in [9.17, 15) is 0 Å². The molecule has 0 aromatic rings. The van der Waals surface area contributed by atoms with E-state index in [1.807, 2.05) is 0 Å². The van der Waals surface area contributed by atoms with E-state index in [1.54, 1.807) is 20.8 Å². The SMILES string of the molecule is CC(C)(C)O.[AlH3]. The normalized spacial score (nSPS) is 10.0. The first kappa shape index (κ1) is 9.70. The summed E-state index contributed by atoms with van der Waals surface area (Å²) in [7, 11) is 0. The van der Waals surface area contributed by atoms with E-state index in [0.717, 1.165) is 0 Å². The molecule has 0 heterocycles. The molecule has 0 spiro atoms. The minimum atomic E-state index is -0.500. The van der Waals surface area contributed by atoms with Crippen LogP contribution in [-0.2, 0) is 0 Å². The topological polar surface area (TPSA) is 20.2 Å². The average Bonchev–Trinajstić information content (AvgIpc) is 0.722. The molecule has 0 saturated carbocycles. The Bertz CT molecular complexity index is 23.0. The van der Waals surface area contributed by atoms with Gasteiger partial charge in [-0.25, -0.2) is 0 Å². The van der Waals surface area contributed by atoms with Crippen LogP contribution in [0.25, 0.3) is 0 Å². The first-order valence-corrected chi connectivity index (χ1v) is 1.72. The molecule has 0 radical (unpaired) electrons. The number of hydrogen-bond acceptors (Lipinski definition) is 1. The largest absolute Gasteiger partial charge is 0.391 e. The zero-order chi connectivity index (χ0) is 4.50. The summed E-state index contributed by atoms with van der Waals surface area (Å²) in [4.78, 5) is 0. The summed E-state index contributed by atoms with van der Waals surface area (Å²) in [6.45, 7) is 5.23. The van der Waals surface area contributed by atoms with Crippen LogP contribution in [0.5, 0.6) is 0 Å². The van der Waals surface area contributed by atoms with Crippen molar-refractivity contribution in [3.8, 4) is 0 Å². The zero-order valence-corrected chi connectivity index (χ0v) is 3.95. The molecule has 0 bridgehead atoms. The lowest BCUT2D eigenvalue weighted by molar-refractivity contribution is 0.102. The number of hydrogen-bond donors (Lipinski definition) is 1. The fourth-order valence-corrected chi connectivity index (χ4v) is 0. The molecule has 0 unspecified atom stereocenters. The van der Waals surface area contributed by atoms with Gasteiger partial charge in [-0.15, -0.1) is 0 Å². The van der Waals surface area contributed by atoms with Crippen LogP contribution in [0, 0.1) is 0 Å². The van der Waals surface area contributed by atoms with E-state index >= 15 is 0 Å². The first-order valence-electron chi connectivity index (χ1n) is 1.72. The lowest BCUT2D eigenvalue weighted by Crippen LogP contribution is -2.10. The minimum absolute atomic E-state index is 0. The van der Waals surface area contributed by atoms with Gasteiger partial charge in [-0.1, -0.05) is 0 Å². The summed E-state index contributed by atoms with van der Waals surface area (Å²) in [6, 6.07) is 0. The highest BCUT2D eigenvalue weighted by atomic mass is 27.0. The Morgan fingerprint density at radius 1 is 1.17 bits per heavy atom. The molecule has 0 saturated heterocycles. The van der Waals surface area contributed by atoms with Crippen molar-refractivity contribution in [3.05, 3.63) is 0 Å². The van der Waals surface area contributed by atoms with Gasteiger partial charge in [0.1, 0.15) is 0 Å². The average molecular weight is 104 g/mol. The van der Waals surface area contributed by atoms with Crippen molar-refractivity contribution in [2.75, 3.05) is 0 Å². The van der Waals surface area contributed by atoms with Gasteiger partial charge in [0, 0.05) is 0 Å². The second kappa shape index (κ2) is 2.63. The van der Waals surface area contributed by atoms with Crippen molar-refractivity contribution in [1.82, 2.24) is 0 Å². The van der Waals surface area contributed by atoms with Gasteiger partial charge in [0.15, 0.2) is 17.4 Å². The lowest BCUT2D eigenvalue weighted by Gasteiger charge is -2.04. The van der Waals surface area contributed by atoms with Gasteiger partial charge in [-0.05, 0) is 20.8 Å². The van der Waals surface area contributed by atoms with E-state index < -0.39 is 5.60 Å². The molecule has 0 amide bonds. The molecule has 6 heavy (non-hydrogen) atoms. The zero-order valence-electron chi connectivity index (χ0n) is 3.95. The maximum absolute atomic E-state index is 8.52. The third-order valence-corrected chi connectivity index (χ3v) is 0. The molecule has 0 aliphatic rings. The molecule has 0 rings (SSSR count). The van der Waals surface area contributed by atoms with Crippen LogP contribution in [-0.4, -0.2) is 28.1 Å². The predicted octanol–water partition coefficient (Wildman–Crippen LogP) is -0.407.